The molecular formula is C22H23Cl2N3O. The molecule has 1 fully saturated rings. The Bertz CT molecular complexity index is 1030. The molecule has 4 nitrogen and oxygen atoms in total. The van der Waals surface area contributed by atoms with Gasteiger partial charge in [0.2, 0.25) is 0 Å². The van der Waals surface area contributed by atoms with E-state index in [-0.39, 0.29) is 5.43 Å². The molecule has 3 aromatic rings. The van der Waals surface area contributed by atoms with Crippen molar-refractivity contribution in [3.05, 3.63) is 74.4 Å². The van der Waals surface area contributed by atoms with E-state index in [0.29, 0.717) is 22.1 Å². The van der Waals surface area contributed by atoms with E-state index in [0.717, 1.165) is 54.5 Å². The Morgan fingerprint density at radius 3 is 2.68 bits per heavy atom. The van der Waals surface area contributed by atoms with Gasteiger partial charge in [0.25, 0.3) is 0 Å². The van der Waals surface area contributed by atoms with E-state index in [9.17, 15) is 4.79 Å². The number of para-hydroxylation sites is 1. The van der Waals surface area contributed by atoms with E-state index in [4.69, 9.17) is 23.2 Å². The Labute approximate surface area is 174 Å². The molecule has 1 aromatic heterocycles. The lowest BCUT2D eigenvalue weighted by atomic mass is 9.90. The molecule has 28 heavy (non-hydrogen) atoms. The lowest BCUT2D eigenvalue weighted by molar-refractivity contribution is 0.350. The Balaban J connectivity index is 1.38. The summed E-state index contributed by atoms with van der Waals surface area (Å²) < 4.78 is 0. The van der Waals surface area contributed by atoms with Crippen molar-refractivity contribution in [2.45, 2.75) is 44.3 Å². The van der Waals surface area contributed by atoms with Gasteiger partial charge in [-0.1, -0.05) is 41.4 Å². The van der Waals surface area contributed by atoms with Crippen LogP contribution in [0.3, 0.4) is 0 Å². The van der Waals surface area contributed by atoms with Gasteiger partial charge < -0.3 is 15.6 Å². The number of pyridine rings is 1. The summed E-state index contributed by atoms with van der Waals surface area (Å²) in [6, 6.07) is 15.8. The highest BCUT2D eigenvalue weighted by atomic mass is 35.5. The molecule has 1 aliphatic carbocycles. The maximum absolute atomic E-state index is 12.3. The molecule has 3 N–H and O–H groups in total. The van der Waals surface area contributed by atoms with Crippen LogP contribution in [0.1, 0.15) is 31.2 Å². The molecule has 1 saturated carbocycles. The summed E-state index contributed by atoms with van der Waals surface area (Å²) in [5.41, 5.74) is 2.04. The van der Waals surface area contributed by atoms with Crippen molar-refractivity contribution < 1.29 is 0 Å². The lowest BCUT2D eigenvalue weighted by Crippen LogP contribution is -2.38. The fraction of sp³-hybridized carbons (Fsp3) is 0.318. The normalized spacial score (nSPS) is 19.6. The quantitative estimate of drug-likeness (QED) is 0.526. The third-order valence-electron chi connectivity index (χ3n) is 5.35. The van der Waals surface area contributed by atoms with Crippen molar-refractivity contribution in [2.24, 2.45) is 0 Å². The Hall–Kier alpha value is -2.01. The minimum atomic E-state index is 0.0435. The average Bonchev–Trinajstić information content (AvgIpc) is 2.69. The second kappa shape index (κ2) is 8.56. The maximum Gasteiger partial charge on any atom is 0.191 e. The smallest absolute Gasteiger partial charge is 0.191 e. The summed E-state index contributed by atoms with van der Waals surface area (Å²) >= 11 is 12.1. The zero-order valence-corrected chi connectivity index (χ0v) is 17.0. The molecule has 0 amide bonds. The van der Waals surface area contributed by atoms with Crippen LogP contribution in [0.15, 0.2) is 53.3 Å². The van der Waals surface area contributed by atoms with E-state index >= 15 is 0 Å². The first-order valence-electron chi connectivity index (χ1n) is 9.64. The zero-order valence-electron chi connectivity index (χ0n) is 15.5. The highest BCUT2D eigenvalue weighted by molar-refractivity contribution is 6.42. The van der Waals surface area contributed by atoms with Crippen LogP contribution in [-0.4, -0.2) is 17.1 Å². The van der Waals surface area contributed by atoms with E-state index in [2.05, 4.69) is 15.6 Å². The van der Waals surface area contributed by atoms with Gasteiger partial charge >= 0.3 is 0 Å². The molecule has 0 bridgehead atoms. The molecule has 0 spiro atoms. The Kier molecular flexibility index (Phi) is 5.90. The first kappa shape index (κ1) is 19.3. The van der Waals surface area contributed by atoms with Crippen LogP contribution < -0.4 is 16.1 Å². The first-order chi connectivity index (χ1) is 13.6. The summed E-state index contributed by atoms with van der Waals surface area (Å²) in [4.78, 5) is 15.7. The predicted molar refractivity (Wildman–Crippen MR) is 118 cm³/mol. The number of H-pyrrole nitrogens is 1. The third-order valence-corrected chi connectivity index (χ3v) is 6.09. The predicted octanol–water partition coefficient (Wildman–Crippen LogP) is 5.35. The Morgan fingerprint density at radius 2 is 1.82 bits per heavy atom. The second-order valence-corrected chi connectivity index (χ2v) is 8.24. The fourth-order valence-corrected chi connectivity index (χ4v) is 4.23. The fourth-order valence-electron chi connectivity index (χ4n) is 3.91. The lowest BCUT2D eigenvalue weighted by Gasteiger charge is -2.31. The molecule has 6 heteroatoms. The number of anilines is 1. The average molecular weight is 416 g/mol. The minimum Gasteiger partial charge on any atom is -0.369 e. The van der Waals surface area contributed by atoms with Gasteiger partial charge in [0.15, 0.2) is 5.43 Å². The number of halogens is 2. The number of hydrogen-bond donors (Lipinski definition) is 3. The number of rotatable bonds is 5. The SMILES string of the molecule is O=c1cc(NC2CCCC(NCc3ccc(Cl)c(Cl)c3)C2)[nH]c2ccccc12. The summed E-state index contributed by atoms with van der Waals surface area (Å²) in [5, 5.41) is 9.04. The van der Waals surface area contributed by atoms with Crippen LogP contribution >= 0.6 is 23.2 Å². The second-order valence-electron chi connectivity index (χ2n) is 7.43. The number of benzene rings is 2. The number of hydrogen-bond acceptors (Lipinski definition) is 3. The van der Waals surface area contributed by atoms with Crippen molar-refractivity contribution in [1.29, 1.82) is 0 Å². The zero-order chi connectivity index (χ0) is 19.5. The topological polar surface area (TPSA) is 56.9 Å². The van der Waals surface area contributed by atoms with E-state index in [1.807, 2.05) is 42.5 Å². The standard InChI is InChI=1S/C22H23Cl2N3O/c23-18-9-8-14(10-19(18)24)13-25-15-4-3-5-16(11-15)26-22-12-21(28)17-6-1-2-7-20(17)27-22/h1-2,6-10,12,15-16,25H,3-5,11,13H2,(H2,26,27,28). The summed E-state index contributed by atoms with van der Waals surface area (Å²) in [5.74, 6) is 0.791. The number of aromatic amines is 1. The number of aromatic nitrogens is 1. The summed E-state index contributed by atoms with van der Waals surface area (Å²) in [6.07, 6.45) is 4.40. The summed E-state index contributed by atoms with van der Waals surface area (Å²) in [6.45, 7) is 0.765. The van der Waals surface area contributed by atoms with Crippen molar-refractivity contribution in [3.63, 3.8) is 0 Å². The molecule has 0 saturated heterocycles. The molecule has 2 atom stereocenters. The van der Waals surface area contributed by atoms with Crippen molar-refractivity contribution in [1.82, 2.24) is 10.3 Å². The Morgan fingerprint density at radius 1 is 1.00 bits per heavy atom. The van der Waals surface area contributed by atoms with Crippen LogP contribution in [0.4, 0.5) is 5.82 Å². The molecule has 4 rings (SSSR count). The van der Waals surface area contributed by atoms with Crippen molar-refractivity contribution >= 4 is 39.9 Å². The molecule has 2 aromatic carbocycles. The van der Waals surface area contributed by atoms with Crippen LogP contribution in [-0.2, 0) is 6.54 Å². The molecule has 146 valence electrons. The van der Waals surface area contributed by atoms with Gasteiger partial charge in [-0.3, -0.25) is 4.79 Å². The van der Waals surface area contributed by atoms with Gasteiger partial charge in [0, 0.05) is 30.1 Å². The highest BCUT2D eigenvalue weighted by Gasteiger charge is 2.22. The van der Waals surface area contributed by atoms with E-state index < -0.39 is 0 Å². The third kappa shape index (κ3) is 4.52. The summed E-state index contributed by atoms with van der Waals surface area (Å²) in [7, 11) is 0. The largest absolute Gasteiger partial charge is 0.369 e. The van der Waals surface area contributed by atoms with Crippen LogP contribution in [0, 0.1) is 0 Å². The van der Waals surface area contributed by atoms with Gasteiger partial charge in [0.05, 0.1) is 15.6 Å². The molecular weight excluding hydrogens is 393 g/mol. The van der Waals surface area contributed by atoms with Crippen LogP contribution in [0.25, 0.3) is 10.9 Å². The van der Waals surface area contributed by atoms with Gasteiger partial charge in [0.1, 0.15) is 5.82 Å². The van der Waals surface area contributed by atoms with Gasteiger partial charge in [-0.25, -0.2) is 0 Å². The molecule has 1 heterocycles. The van der Waals surface area contributed by atoms with E-state index in [1.165, 1.54) is 0 Å². The molecule has 0 aliphatic heterocycles. The van der Waals surface area contributed by atoms with Gasteiger partial charge in [-0.15, -0.1) is 0 Å². The highest BCUT2D eigenvalue weighted by Crippen LogP contribution is 2.24. The van der Waals surface area contributed by atoms with Gasteiger partial charge in [-0.2, -0.15) is 0 Å². The number of nitrogens with one attached hydrogen (secondary N) is 3. The van der Waals surface area contributed by atoms with Crippen molar-refractivity contribution in [3.8, 4) is 0 Å². The van der Waals surface area contributed by atoms with Gasteiger partial charge in [-0.05, 0) is 55.5 Å². The van der Waals surface area contributed by atoms with Crippen LogP contribution in [0.5, 0.6) is 0 Å². The van der Waals surface area contributed by atoms with E-state index in [1.54, 1.807) is 6.07 Å². The minimum absolute atomic E-state index is 0.0435. The molecule has 2 unspecified atom stereocenters. The number of fused-ring (bicyclic) bond motifs is 1. The van der Waals surface area contributed by atoms with Crippen LogP contribution in [0.2, 0.25) is 10.0 Å². The monoisotopic (exact) mass is 415 g/mol. The van der Waals surface area contributed by atoms with Crippen molar-refractivity contribution in [2.75, 3.05) is 5.32 Å². The maximum atomic E-state index is 12.3. The molecule has 1 aliphatic rings. The first-order valence-corrected chi connectivity index (χ1v) is 10.4. The molecule has 0 radical (unpaired) electrons.